The Balaban J connectivity index is 2.12. The van der Waals surface area contributed by atoms with Crippen LogP contribution in [0.4, 0.5) is 9.59 Å². The summed E-state index contributed by atoms with van der Waals surface area (Å²) in [5.41, 5.74) is 0.837. The van der Waals surface area contributed by atoms with E-state index in [9.17, 15) is 19.5 Å². The van der Waals surface area contributed by atoms with Crippen LogP contribution in [0.3, 0.4) is 0 Å². The largest absolute Gasteiger partial charge is 0.465 e. The second-order valence-corrected chi connectivity index (χ2v) is 6.22. The van der Waals surface area contributed by atoms with Crippen LogP contribution in [-0.4, -0.2) is 77.2 Å². The second kappa shape index (κ2) is 7.87. The molecule has 1 fully saturated rings. The number of benzene rings is 1. The van der Waals surface area contributed by atoms with Crippen LogP contribution in [0.15, 0.2) is 30.3 Å². The lowest BCUT2D eigenvalue weighted by molar-refractivity contribution is -0.136. The third-order valence-corrected chi connectivity index (χ3v) is 4.15. The topological polar surface area (TPSA) is 90.4 Å². The fourth-order valence-electron chi connectivity index (χ4n) is 2.76. The molecule has 25 heavy (non-hydrogen) atoms. The van der Waals surface area contributed by atoms with Crippen molar-refractivity contribution in [2.24, 2.45) is 0 Å². The van der Waals surface area contributed by atoms with Crippen LogP contribution in [0.5, 0.6) is 0 Å². The Morgan fingerprint density at radius 1 is 1.16 bits per heavy atom. The molecule has 2 rings (SSSR count). The second-order valence-electron chi connectivity index (χ2n) is 6.22. The molecule has 1 aliphatic rings. The molecule has 0 radical (unpaired) electrons. The number of amides is 3. The highest BCUT2D eigenvalue weighted by Gasteiger charge is 2.41. The summed E-state index contributed by atoms with van der Waals surface area (Å²) in [4.78, 5) is 40.1. The first-order valence-electron chi connectivity index (χ1n) is 7.99. The number of carbonyl (C=O) groups is 3. The van der Waals surface area contributed by atoms with Crippen LogP contribution < -0.4 is 0 Å². The maximum absolute atomic E-state index is 12.5. The lowest BCUT2D eigenvalue weighted by atomic mass is 10.1. The van der Waals surface area contributed by atoms with Crippen LogP contribution in [0, 0.1) is 0 Å². The standard InChI is InChI=1S/C17H23N3O5/c1-12-9-20(17(24)25-11-13-7-5-4-6-8-13)14(15(21)18(2)3)10-19(12)16(22)23/h4-8,12,14H,9-11H2,1-3H3,(H,22,23)/t12-,14-/m1/s1. The molecule has 0 unspecified atom stereocenters. The summed E-state index contributed by atoms with van der Waals surface area (Å²) in [6, 6.07) is 7.90. The van der Waals surface area contributed by atoms with Gasteiger partial charge in [0.2, 0.25) is 5.91 Å². The van der Waals surface area contributed by atoms with Crippen LogP contribution in [-0.2, 0) is 16.1 Å². The number of piperazine rings is 1. The Morgan fingerprint density at radius 2 is 1.80 bits per heavy atom. The monoisotopic (exact) mass is 349 g/mol. The van der Waals surface area contributed by atoms with Gasteiger partial charge in [-0.2, -0.15) is 0 Å². The first-order chi connectivity index (χ1) is 11.8. The number of hydrogen-bond acceptors (Lipinski definition) is 4. The van der Waals surface area contributed by atoms with Gasteiger partial charge in [0.25, 0.3) is 0 Å². The zero-order chi connectivity index (χ0) is 18.6. The van der Waals surface area contributed by atoms with Crippen molar-refractivity contribution in [1.82, 2.24) is 14.7 Å². The van der Waals surface area contributed by atoms with Crippen molar-refractivity contribution in [1.29, 1.82) is 0 Å². The van der Waals surface area contributed by atoms with Crippen molar-refractivity contribution in [2.75, 3.05) is 27.2 Å². The normalized spacial score (nSPS) is 20.1. The van der Waals surface area contributed by atoms with E-state index >= 15 is 0 Å². The Morgan fingerprint density at radius 3 is 2.36 bits per heavy atom. The number of carboxylic acid groups (broad SMARTS) is 1. The van der Waals surface area contributed by atoms with Crippen LogP contribution in [0.2, 0.25) is 0 Å². The van der Waals surface area contributed by atoms with E-state index in [0.29, 0.717) is 0 Å². The first-order valence-corrected chi connectivity index (χ1v) is 7.99. The quantitative estimate of drug-likeness (QED) is 0.892. The average molecular weight is 349 g/mol. The number of nitrogens with zero attached hydrogens (tertiary/aromatic N) is 3. The van der Waals surface area contributed by atoms with Gasteiger partial charge in [0.1, 0.15) is 12.6 Å². The predicted molar refractivity (Wildman–Crippen MR) is 90.0 cm³/mol. The summed E-state index contributed by atoms with van der Waals surface area (Å²) in [5.74, 6) is -0.338. The van der Waals surface area contributed by atoms with Gasteiger partial charge in [0.05, 0.1) is 12.6 Å². The average Bonchev–Trinajstić information content (AvgIpc) is 2.59. The van der Waals surface area contributed by atoms with E-state index in [4.69, 9.17) is 4.74 Å². The van der Waals surface area contributed by atoms with Crippen molar-refractivity contribution < 1.29 is 24.2 Å². The van der Waals surface area contributed by atoms with Gasteiger partial charge in [-0.25, -0.2) is 9.59 Å². The van der Waals surface area contributed by atoms with Crippen molar-refractivity contribution in [3.05, 3.63) is 35.9 Å². The van der Waals surface area contributed by atoms with E-state index < -0.39 is 24.3 Å². The number of likely N-dealkylation sites (N-methyl/N-ethyl adjacent to an activating group) is 1. The molecular formula is C17H23N3O5. The zero-order valence-electron chi connectivity index (χ0n) is 14.6. The fourth-order valence-corrected chi connectivity index (χ4v) is 2.76. The van der Waals surface area contributed by atoms with Crippen molar-refractivity contribution in [3.63, 3.8) is 0 Å². The molecule has 2 atom stereocenters. The minimum Gasteiger partial charge on any atom is -0.465 e. The summed E-state index contributed by atoms with van der Waals surface area (Å²) in [5, 5.41) is 9.29. The van der Waals surface area contributed by atoms with Crippen molar-refractivity contribution >= 4 is 18.1 Å². The minimum absolute atomic E-state index is 0.0754. The molecule has 0 aliphatic carbocycles. The summed E-state index contributed by atoms with van der Waals surface area (Å²) in [6.07, 6.45) is -1.73. The Labute approximate surface area is 146 Å². The molecule has 1 heterocycles. The zero-order valence-corrected chi connectivity index (χ0v) is 14.6. The predicted octanol–water partition coefficient (Wildman–Crippen LogP) is 1.46. The molecule has 0 aromatic heterocycles. The molecule has 8 heteroatoms. The molecule has 1 aromatic carbocycles. The molecule has 8 nitrogen and oxygen atoms in total. The maximum Gasteiger partial charge on any atom is 0.410 e. The van der Waals surface area contributed by atoms with Crippen molar-refractivity contribution in [3.8, 4) is 0 Å². The summed E-state index contributed by atoms with van der Waals surface area (Å²) in [6.45, 7) is 1.82. The lowest BCUT2D eigenvalue weighted by Crippen LogP contribution is -2.64. The molecule has 0 bridgehead atoms. The van der Waals surface area contributed by atoms with Gasteiger partial charge >= 0.3 is 12.2 Å². The van der Waals surface area contributed by atoms with Crippen LogP contribution in [0.1, 0.15) is 12.5 Å². The minimum atomic E-state index is -1.11. The van der Waals surface area contributed by atoms with Gasteiger partial charge in [-0.05, 0) is 12.5 Å². The molecule has 0 saturated carbocycles. The van der Waals surface area contributed by atoms with E-state index in [1.807, 2.05) is 30.3 Å². The molecule has 1 saturated heterocycles. The van der Waals surface area contributed by atoms with E-state index in [-0.39, 0.29) is 25.6 Å². The first kappa shape index (κ1) is 18.6. The molecule has 1 N–H and O–H groups in total. The van der Waals surface area contributed by atoms with Gasteiger partial charge in [0.15, 0.2) is 0 Å². The Bertz CT molecular complexity index is 634. The third-order valence-electron chi connectivity index (χ3n) is 4.15. The number of ether oxygens (including phenoxy) is 1. The van der Waals surface area contributed by atoms with E-state index in [1.54, 1.807) is 21.0 Å². The fraction of sp³-hybridized carbons (Fsp3) is 0.471. The number of rotatable bonds is 3. The van der Waals surface area contributed by atoms with Gasteiger partial charge in [-0.15, -0.1) is 0 Å². The van der Waals surface area contributed by atoms with Crippen molar-refractivity contribution in [2.45, 2.75) is 25.6 Å². The molecular weight excluding hydrogens is 326 g/mol. The Kier molecular flexibility index (Phi) is 5.84. The summed E-state index contributed by atoms with van der Waals surface area (Å²) < 4.78 is 5.32. The molecule has 3 amide bonds. The summed E-state index contributed by atoms with van der Waals surface area (Å²) >= 11 is 0. The third kappa shape index (κ3) is 4.40. The van der Waals surface area contributed by atoms with E-state index in [1.165, 1.54) is 14.7 Å². The van der Waals surface area contributed by atoms with Crippen LogP contribution >= 0.6 is 0 Å². The SMILES string of the molecule is C[C@@H]1CN(C(=O)OCc2ccccc2)[C@@H](C(=O)N(C)C)CN1C(=O)O. The van der Waals surface area contributed by atoms with E-state index in [0.717, 1.165) is 5.56 Å². The van der Waals surface area contributed by atoms with Gasteiger partial charge in [-0.3, -0.25) is 9.69 Å². The van der Waals surface area contributed by atoms with Gasteiger partial charge in [-0.1, -0.05) is 30.3 Å². The summed E-state index contributed by atoms with van der Waals surface area (Å²) in [7, 11) is 3.14. The molecule has 136 valence electrons. The number of hydrogen-bond donors (Lipinski definition) is 1. The highest BCUT2D eigenvalue weighted by molar-refractivity contribution is 5.86. The highest BCUT2D eigenvalue weighted by Crippen LogP contribution is 2.19. The smallest absolute Gasteiger partial charge is 0.410 e. The lowest BCUT2D eigenvalue weighted by Gasteiger charge is -2.43. The maximum atomic E-state index is 12.5. The highest BCUT2D eigenvalue weighted by atomic mass is 16.6. The molecule has 0 spiro atoms. The molecule has 1 aliphatic heterocycles. The van der Waals surface area contributed by atoms with E-state index in [2.05, 4.69) is 0 Å². The number of carbonyl (C=O) groups excluding carboxylic acids is 2. The Hall–Kier alpha value is -2.77. The van der Waals surface area contributed by atoms with Gasteiger partial charge < -0.3 is 19.6 Å². The van der Waals surface area contributed by atoms with Crippen LogP contribution in [0.25, 0.3) is 0 Å². The van der Waals surface area contributed by atoms with Gasteiger partial charge in [0, 0.05) is 20.6 Å². The molecule has 1 aromatic rings.